The summed E-state index contributed by atoms with van der Waals surface area (Å²) in [5.74, 6) is 0.802. The molecule has 0 radical (unpaired) electrons. The van der Waals surface area contributed by atoms with Crippen LogP contribution in [0.25, 0.3) is 0 Å². The zero-order chi connectivity index (χ0) is 11.3. The monoisotopic (exact) mass is 209 g/mol. The number of hydrogen-bond donors (Lipinski definition) is 1. The average molecular weight is 209 g/mol. The number of piperidine rings is 1. The fourth-order valence-corrected chi connectivity index (χ4v) is 1.89. The third-order valence-electron chi connectivity index (χ3n) is 3.14. The van der Waals surface area contributed by atoms with Gasteiger partial charge in [0.2, 0.25) is 0 Å². The predicted molar refractivity (Wildman–Crippen MR) is 62.5 cm³/mol. The summed E-state index contributed by atoms with van der Waals surface area (Å²) in [5, 5.41) is 12.3. The van der Waals surface area contributed by atoms with Gasteiger partial charge >= 0.3 is 0 Å². The molecule has 0 amide bonds. The molecule has 86 valence electrons. The molecule has 1 aliphatic heterocycles. The van der Waals surface area contributed by atoms with Gasteiger partial charge in [-0.25, -0.2) is 0 Å². The van der Waals surface area contributed by atoms with Gasteiger partial charge in [0.05, 0.1) is 11.5 Å². The third-order valence-corrected chi connectivity index (χ3v) is 3.14. The van der Waals surface area contributed by atoms with Crippen molar-refractivity contribution in [3.63, 3.8) is 0 Å². The minimum atomic E-state index is -0.231. The van der Waals surface area contributed by atoms with Gasteiger partial charge in [-0.15, -0.1) is 0 Å². The Hall–Kier alpha value is -0.590. The van der Waals surface area contributed by atoms with Crippen LogP contribution in [0.1, 0.15) is 26.7 Å². The first-order valence-corrected chi connectivity index (χ1v) is 5.84. The zero-order valence-corrected chi connectivity index (χ0v) is 10.2. The molecule has 0 aromatic carbocycles. The van der Waals surface area contributed by atoms with E-state index >= 15 is 0 Å². The quantitative estimate of drug-likeness (QED) is 0.762. The van der Waals surface area contributed by atoms with Gasteiger partial charge in [0.15, 0.2) is 0 Å². The fourth-order valence-electron chi connectivity index (χ4n) is 1.89. The Morgan fingerprint density at radius 3 is 2.53 bits per heavy atom. The average Bonchev–Trinajstić information content (AvgIpc) is 2.21. The van der Waals surface area contributed by atoms with E-state index in [0.29, 0.717) is 0 Å². The summed E-state index contributed by atoms with van der Waals surface area (Å²) in [6.45, 7) is 8.26. The SMILES string of the molecule is CN1CCC(CNCC(C)(C)C#N)CC1. The van der Waals surface area contributed by atoms with E-state index in [4.69, 9.17) is 5.26 Å². The maximum Gasteiger partial charge on any atom is 0.0697 e. The number of rotatable bonds is 4. The third kappa shape index (κ3) is 4.63. The van der Waals surface area contributed by atoms with Crippen molar-refractivity contribution in [2.24, 2.45) is 11.3 Å². The summed E-state index contributed by atoms with van der Waals surface area (Å²) >= 11 is 0. The molecule has 0 aromatic rings. The predicted octanol–water partition coefficient (Wildman–Crippen LogP) is 1.47. The van der Waals surface area contributed by atoms with E-state index in [2.05, 4.69) is 23.3 Å². The molecule has 0 saturated carbocycles. The fraction of sp³-hybridized carbons (Fsp3) is 0.917. The van der Waals surface area contributed by atoms with Crippen LogP contribution in [-0.4, -0.2) is 38.1 Å². The second-order valence-corrected chi connectivity index (χ2v) is 5.37. The molecule has 1 rings (SSSR count). The van der Waals surface area contributed by atoms with Crippen molar-refractivity contribution in [1.82, 2.24) is 10.2 Å². The smallest absolute Gasteiger partial charge is 0.0697 e. The van der Waals surface area contributed by atoms with E-state index in [1.54, 1.807) is 0 Å². The number of nitrogens with zero attached hydrogens (tertiary/aromatic N) is 2. The summed E-state index contributed by atoms with van der Waals surface area (Å²) in [4.78, 5) is 2.38. The molecule has 0 spiro atoms. The summed E-state index contributed by atoms with van der Waals surface area (Å²) in [5.41, 5.74) is -0.231. The molecule has 0 unspecified atom stereocenters. The van der Waals surface area contributed by atoms with E-state index < -0.39 is 0 Å². The highest BCUT2D eigenvalue weighted by molar-refractivity contribution is 4.93. The first kappa shape index (κ1) is 12.5. The molecule has 0 atom stereocenters. The summed E-state index contributed by atoms with van der Waals surface area (Å²) in [6, 6.07) is 2.32. The molecule has 1 fully saturated rings. The minimum Gasteiger partial charge on any atom is -0.315 e. The van der Waals surface area contributed by atoms with Crippen LogP contribution < -0.4 is 5.32 Å². The Morgan fingerprint density at radius 1 is 1.40 bits per heavy atom. The van der Waals surface area contributed by atoms with Crippen LogP contribution in [0.15, 0.2) is 0 Å². The molecule has 1 saturated heterocycles. The maximum absolute atomic E-state index is 8.87. The van der Waals surface area contributed by atoms with Gasteiger partial charge in [0.25, 0.3) is 0 Å². The van der Waals surface area contributed by atoms with Crippen LogP contribution in [0.5, 0.6) is 0 Å². The minimum absolute atomic E-state index is 0.231. The van der Waals surface area contributed by atoms with Crippen molar-refractivity contribution in [2.45, 2.75) is 26.7 Å². The van der Waals surface area contributed by atoms with E-state index in [1.807, 2.05) is 13.8 Å². The Balaban J connectivity index is 2.14. The zero-order valence-electron chi connectivity index (χ0n) is 10.2. The molecule has 1 N–H and O–H groups in total. The van der Waals surface area contributed by atoms with Crippen molar-refractivity contribution in [3.05, 3.63) is 0 Å². The first-order valence-electron chi connectivity index (χ1n) is 5.84. The Morgan fingerprint density at radius 2 is 2.00 bits per heavy atom. The van der Waals surface area contributed by atoms with E-state index in [-0.39, 0.29) is 5.41 Å². The highest BCUT2D eigenvalue weighted by atomic mass is 15.1. The maximum atomic E-state index is 8.87. The standard InChI is InChI=1S/C12H23N3/c1-12(2,9-13)10-14-8-11-4-6-15(3)7-5-11/h11,14H,4-8,10H2,1-3H3. The second kappa shape index (κ2) is 5.48. The van der Waals surface area contributed by atoms with Crippen molar-refractivity contribution in [1.29, 1.82) is 5.26 Å². The molecule has 1 aliphatic rings. The van der Waals surface area contributed by atoms with Crippen LogP contribution in [-0.2, 0) is 0 Å². The number of hydrogen-bond acceptors (Lipinski definition) is 3. The van der Waals surface area contributed by atoms with Gasteiger partial charge in [-0.05, 0) is 59.3 Å². The number of nitrogens with one attached hydrogen (secondary N) is 1. The molecular weight excluding hydrogens is 186 g/mol. The molecule has 0 aliphatic carbocycles. The highest BCUT2D eigenvalue weighted by Crippen LogP contribution is 2.16. The second-order valence-electron chi connectivity index (χ2n) is 5.37. The Labute approximate surface area is 93.5 Å². The van der Waals surface area contributed by atoms with E-state index in [9.17, 15) is 0 Å². The van der Waals surface area contributed by atoms with Crippen LogP contribution in [0.3, 0.4) is 0 Å². The van der Waals surface area contributed by atoms with E-state index in [0.717, 1.165) is 19.0 Å². The van der Waals surface area contributed by atoms with Crippen LogP contribution in [0.4, 0.5) is 0 Å². The topological polar surface area (TPSA) is 39.1 Å². The van der Waals surface area contributed by atoms with Gasteiger partial charge in [0, 0.05) is 6.54 Å². The lowest BCUT2D eigenvalue weighted by molar-refractivity contribution is 0.213. The van der Waals surface area contributed by atoms with Crippen LogP contribution in [0.2, 0.25) is 0 Å². The largest absolute Gasteiger partial charge is 0.315 e. The van der Waals surface area contributed by atoms with Gasteiger partial charge < -0.3 is 10.2 Å². The lowest BCUT2D eigenvalue weighted by Gasteiger charge is -2.29. The normalized spacial score (nSPS) is 20.1. The number of nitriles is 1. The van der Waals surface area contributed by atoms with Gasteiger partial charge in [-0.1, -0.05) is 0 Å². The van der Waals surface area contributed by atoms with Crippen molar-refractivity contribution < 1.29 is 0 Å². The van der Waals surface area contributed by atoms with E-state index in [1.165, 1.54) is 25.9 Å². The summed E-state index contributed by atoms with van der Waals surface area (Å²) in [7, 11) is 2.18. The Kier molecular flexibility index (Phi) is 4.56. The van der Waals surface area contributed by atoms with Gasteiger partial charge in [-0.2, -0.15) is 5.26 Å². The molecular formula is C12H23N3. The highest BCUT2D eigenvalue weighted by Gasteiger charge is 2.19. The van der Waals surface area contributed by atoms with Crippen molar-refractivity contribution >= 4 is 0 Å². The van der Waals surface area contributed by atoms with Crippen LogP contribution in [0, 0.1) is 22.7 Å². The number of likely N-dealkylation sites (tertiary alicyclic amines) is 1. The van der Waals surface area contributed by atoms with Crippen molar-refractivity contribution in [2.75, 3.05) is 33.2 Å². The molecule has 0 bridgehead atoms. The lowest BCUT2D eigenvalue weighted by Crippen LogP contribution is -2.37. The van der Waals surface area contributed by atoms with Crippen LogP contribution >= 0.6 is 0 Å². The Bertz CT molecular complexity index is 222. The van der Waals surface area contributed by atoms with Gasteiger partial charge in [0.1, 0.15) is 0 Å². The summed E-state index contributed by atoms with van der Waals surface area (Å²) in [6.07, 6.45) is 2.58. The summed E-state index contributed by atoms with van der Waals surface area (Å²) < 4.78 is 0. The molecule has 0 aromatic heterocycles. The molecule has 1 heterocycles. The lowest BCUT2D eigenvalue weighted by atomic mass is 9.94. The molecule has 3 nitrogen and oxygen atoms in total. The van der Waals surface area contributed by atoms with Gasteiger partial charge in [-0.3, -0.25) is 0 Å². The van der Waals surface area contributed by atoms with Crippen molar-refractivity contribution in [3.8, 4) is 6.07 Å². The molecule has 3 heteroatoms. The first-order chi connectivity index (χ1) is 7.03. The molecule has 15 heavy (non-hydrogen) atoms.